The fourth-order valence-corrected chi connectivity index (χ4v) is 5.21. The predicted octanol–water partition coefficient (Wildman–Crippen LogP) is 3.42. The summed E-state index contributed by atoms with van der Waals surface area (Å²) in [6, 6.07) is 1.80. The van der Waals surface area contributed by atoms with Crippen LogP contribution in [0.15, 0.2) is 52.8 Å². The molecule has 0 radical (unpaired) electrons. The molecule has 13 heteroatoms. The lowest BCUT2D eigenvalue weighted by Crippen LogP contribution is -2.02. The monoisotopic (exact) mass is 498 g/mol. The molecule has 0 bridgehead atoms. The van der Waals surface area contributed by atoms with Gasteiger partial charge in [-0.25, -0.2) is 9.97 Å². The zero-order chi connectivity index (χ0) is 23.1. The molecule has 6 rings (SSSR count). The Morgan fingerprint density at radius 1 is 0.879 bits per heavy atom. The number of nitrogens with zero attached hydrogens (tertiary/aromatic N) is 6. The summed E-state index contributed by atoms with van der Waals surface area (Å²) >= 11 is 8.68. The largest absolute Gasteiger partial charge is 0.328 e. The number of hydrogen-bond acceptors (Lipinski definition) is 8. The summed E-state index contributed by atoms with van der Waals surface area (Å²) < 4.78 is 4.59. The lowest BCUT2D eigenvalue weighted by Gasteiger charge is -1.88. The minimum Gasteiger partial charge on any atom is -0.328 e. The molecule has 0 spiro atoms. The van der Waals surface area contributed by atoms with Crippen molar-refractivity contribution in [1.82, 2.24) is 39.5 Å². The zero-order valence-corrected chi connectivity index (χ0v) is 19.6. The molecule has 0 aliphatic heterocycles. The number of fused-ring (bicyclic) bond motifs is 2. The van der Waals surface area contributed by atoms with Crippen molar-refractivity contribution in [3.63, 3.8) is 0 Å². The maximum absolute atomic E-state index is 11.6. The topological polar surface area (TPSA) is 127 Å². The predicted molar refractivity (Wildman–Crippen MR) is 130 cm³/mol. The van der Waals surface area contributed by atoms with E-state index in [2.05, 4.69) is 30.1 Å². The number of aromatic amines is 2. The lowest BCUT2D eigenvalue weighted by atomic mass is 10.4. The van der Waals surface area contributed by atoms with Crippen molar-refractivity contribution in [2.45, 2.75) is 0 Å². The van der Waals surface area contributed by atoms with Crippen LogP contribution >= 0.6 is 34.3 Å². The van der Waals surface area contributed by atoms with Gasteiger partial charge in [0, 0.05) is 50.0 Å². The summed E-state index contributed by atoms with van der Waals surface area (Å²) in [7, 11) is 3.68. The van der Waals surface area contributed by atoms with E-state index in [4.69, 9.17) is 11.6 Å². The van der Waals surface area contributed by atoms with Crippen molar-refractivity contribution in [2.24, 2.45) is 14.1 Å². The van der Waals surface area contributed by atoms with Crippen LogP contribution in [0.4, 0.5) is 0 Å². The number of aryl methyl sites for hydroxylation is 2. The molecular weight excluding hydrogens is 484 g/mol. The molecule has 0 unspecified atom stereocenters. The van der Waals surface area contributed by atoms with Gasteiger partial charge in [0.1, 0.15) is 24.9 Å². The molecule has 10 nitrogen and oxygen atoms in total. The highest BCUT2D eigenvalue weighted by Crippen LogP contribution is 2.30. The average Bonchev–Trinajstić information content (AvgIpc) is 3.57. The second-order valence-electron chi connectivity index (χ2n) is 7.01. The third-order valence-corrected chi connectivity index (χ3v) is 7.12. The maximum atomic E-state index is 11.6. The Kier molecular flexibility index (Phi) is 5.40. The Balaban J connectivity index is 0.000000139. The molecule has 6 aromatic rings. The van der Waals surface area contributed by atoms with Crippen LogP contribution in [0, 0.1) is 0 Å². The van der Waals surface area contributed by atoms with Crippen molar-refractivity contribution < 1.29 is 0 Å². The van der Waals surface area contributed by atoms with E-state index in [1.165, 1.54) is 28.9 Å². The van der Waals surface area contributed by atoms with Gasteiger partial charge in [0.25, 0.3) is 11.1 Å². The van der Waals surface area contributed by atoms with Crippen LogP contribution in [0.2, 0.25) is 5.02 Å². The van der Waals surface area contributed by atoms with E-state index in [1.54, 1.807) is 34.0 Å². The molecule has 0 fully saturated rings. The van der Waals surface area contributed by atoms with Gasteiger partial charge in [0.2, 0.25) is 0 Å². The van der Waals surface area contributed by atoms with Gasteiger partial charge in [0.15, 0.2) is 0 Å². The van der Waals surface area contributed by atoms with Gasteiger partial charge in [-0.1, -0.05) is 11.6 Å². The molecule has 6 heterocycles. The highest BCUT2D eigenvalue weighted by atomic mass is 35.5. The standard InChI is InChI=1S/C10H7ClN4OS.C10H8N4OS/c1-15-4-5(2-13-15)10-14-7-6(11)3-12-9(16)8(7)17-10;1-14-5-6(4-12-14)10-13-7-2-3-11-9(15)8(7)16-10/h2-4H,1H3,(H,12,16);2-5H,1H3,(H,11,15). The van der Waals surface area contributed by atoms with E-state index in [1.807, 2.05) is 26.5 Å². The molecule has 33 heavy (non-hydrogen) atoms. The minimum atomic E-state index is -0.169. The molecule has 2 N–H and O–H groups in total. The van der Waals surface area contributed by atoms with Gasteiger partial charge in [-0.3, -0.25) is 19.0 Å². The first-order valence-corrected chi connectivity index (χ1v) is 11.5. The Labute approximate surface area is 198 Å². The summed E-state index contributed by atoms with van der Waals surface area (Å²) in [5, 5.41) is 10.2. The highest BCUT2D eigenvalue weighted by molar-refractivity contribution is 7.22. The van der Waals surface area contributed by atoms with Crippen molar-refractivity contribution in [3.8, 4) is 21.1 Å². The van der Waals surface area contributed by atoms with E-state index in [-0.39, 0.29) is 11.1 Å². The van der Waals surface area contributed by atoms with Crippen molar-refractivity contribution in [3.05, 3.63) is 69.0 Å². The molecule has 0 aromatic carbocycles. The number of rotatable bonds is 2. The quantitative estimate of drug-likeness (QED) is 0.376. The molecule has 0 saturated heterocycles. The van der Waals surface area contributed by atoms with Crippen LogP contribution in [-0.2, 0) is 14.1 Å². The van der Waals surface area contributed by atoms with Crippen molar-refractivity contribution >= 4 is 54.7 Å². The molecule has 0 aliphatic carbocycles. The zero-order valence-electron chi connectivity index (χ0n) is 17.2. The van der Waals surface area contributed by atoms with Gasteiger partial charge in [-0.2, -0.15) is 10.2 Å². The molecule has 166 valence electrons. The minimum absolute atomic E-state index is 0.0925. The van der Waals surface area contributed by atoms with Crippen molar-refractivity contribution in [2.75, 3.05) is 0 Å². The summed E-state index contributed by atoms with van der Waals surface area (Å²) in [6.07, 6.45) is 10.2. The Hall–Kier alpha value is -3.61. The van der Waals surface area contributed by atoms with Gasteiger partial charge in [0.05, 0.1) is 22.9 Å². The SMILES string of the molecule is Cn1cc(-c2nc3c(Cl)c[nH]c(=O)c3s2)cn1.Cn1cc(-c2nc3cc[nH]c(=O)c3s2)cn1. The van der Waals surface area contributed by atoms with E-state index >= 15 is 0 Å². The van der Waals surface area contributed by atoms with Crippen LogP contribution in [0.3, 0.4) is 0 Å². The fourth-order valence-electron chi connectivity index (χ4n) is 3.08. The summed E-state index contributed by atoms with van der Waals surface area (Å²) in [5.41, 5.74) is 2.82. The smallest absolute Gasteiger partial charge is 0.267 e. The van der Waals surface area contributed by atoms with Gasteiger partial charge in [-0.15, -0.1) is 22.7 Å². The number of nitrogens with one attached hydrogen (secondary N) is 2. The lowest BCUT2D eigenvalue weighted by molar-refractivity contribution is 0.768. The first-order chi connectivity index (χ1) is 15.9. The van der Waals surface area contributed by atoms with Gasteiger partial charge < -0.3 is 9.97 Å². The third kappa shape index (κ3) is 4.11. The first kappa shape index (κ1) is 21.2. The summed E-state index contributed by atoms with van der Waals surface area (Å²) in [5.74, 6) is 0. The maximum Gasteiger partial charge on any atom is 0.267 e. The van der Waals surface area contributed by atoms with Crippen LogP contribution in [0.5, 0.6) is 0 Å². The molecular formula is C20H15ClN8O2S2. The molecule has 6 aromatic heterocycles. The molecule has 0 atom stereocenters. The number of hydrogen-bond donors (Lipinski definition) is 2. The first-order valence-electron chi connectivity index (χ1n) is 9.53. The summed E-state index contributed by atoms with van der Waals surface area (Å²) in [6.45, 7) is 0. The van der Waals surface area contributed by atoms with Crippen LogP contribution < -0.4 is 11.1 Å². The Morgan fingerprint density at radius 2 is 1.48 bits per heavy atom. The normalized spacial score (nSPS) is 11.1. The molecule has 0 aliphatic rings. The van der Waals surface area contributed by atoms with E-state index < -0.39 is 0 Å². The van der Waals surface area contributed by atoms with Gasteiger partial charge in [-0.05, 0) is 6.07 Å². The Bertz CT molecular complexity index is 1720. The molecule has 0 saturated carbocycles. The number of pyridine rings is 2. The average molecular weight is 499 g/mol. The number of halogens is 1. The van der Waals surface area contributed by atoms with Crippen LogP contribution in [0.1, 0.15) is 0 Å². The Morgan fingerprint density at radius 3 is 2.06 bits per heavy atom. The van der Waals surface area contributed by atoms with Crippen LogP contribution in [0.25, 0.3) is 41.6 Å². The fraction of sp³-hybridized carbons (Fsp3) is 0.100. The van der Waals surface area contributed by atoms with Crippen LogP contribution in [-0.4, -0.2) is 39.5 Å². The number of thiazole rings is 2. The highest BCUT2D eigenvalue weighted by Gasteiger charge is 2.13. The second-order valence-corrected chi connectivity index (χ2v) is 9.41. The molecule has 0 amide bonds. The van der Waals surface area contributed by atoms with E-state index in [9.17, 15) is 9.59 Å². The third-order valence-electron chi connectivity index (χ3n) is 4.61. The number of H-pyrrole nitrogens is 2. The van der Waals surface area contributed by atoms with Crippen molar-refractivity contribution in [1.29, 1.82) is 0 Å². The number of aromatic nitrogens is 8. The van der Waals surface area contributed by atoms with E-state index in [0.29, 0.717) is 19.9 Å². The van der Waals surface area contributed by atoms with Gasteiger partial charge >= 0.3 is 0 Å². The second kappa shape index (κ2) is 8.39. The summed E-state index contributed by atoms with van der Waals surface area (Å²) in [4.78, 5) is 37.1. The van der Waals surface area contributed by atoms with E-state index in [0.717, 1.165) is 26.7 Å².